The second kappa shape index (κ2) is 8.67. The second-order valence-corrected chi connectivity index (χ2v) is 6.64. The molecule has 1 aliphatic rings. The van der Waals surface area contributed by atoms with E-state index >= 15 is 0 Å². The molecule has 3 rings (SSSR count). The van der Waals surface area contributed by atoms with Gasteiger partial charge in [-0.1, -0.05) is 42.5 Å². The summed E-state index contributed by atoms with van der Waals surface area (Å²) in [6, 6.07) is 18.3. The smallest absolute Gasteiger partial charge is 0.224 e. The van der Waals surface area contributed by atoms with Gasteiger partial charge in [0, 0.05) is 6.42 Å². The van der Waals surface area contributed by atoms with Crippen LogP contribution < -0.4 is 15.1 Å². The topological polar surface area (TPSA) is 36.8 Å². The van der Waals surface area contributed by atoms with Gasteiger partial charge < -0.3 is 15.1 Å². The van der Waals surface area contributed by atoms with Gasteiger partial charge in [0.15, 0.2) is 0 Å². The van der Waals surface area contributed by atoms with E-state index < -0.39 is 0 Å². The van der Waals surface area contributed by atoms with E-state index in [1.165, 1.54) is 12.1 Å². The highest BCUT2D eigenvalue weighted by molar-refractivity contribution is 5.94. The number of hydrogen-bond donors (Lipinski definition) is 2. The molecular formula is C21H28N3O+. The van der Waals surface area contributed by atoms with Crippen molar-refractivity contribution in [3.63, 3.8) is 0 Å². The molecule has 0 bridgehead atoms. The summed E-state index contributed by atoms with van der Waals surface area (Å²) < 4.78 is 0. The first-order chi connectivity index (χ1) is 12.3. The van der Waals surface area contributed by atoms with Crippen molar-refractivity contribution in [3.8, 4) is 0 Å². The summed E-state index contributed by atoms with van der Waals surface area (Å²) in [5.41, 5.74) is 3.27. The minimum Gasteiger partial charge on any atom is -0.359 e. The van der Waals surface area contributed by atoms with E-state index in [-0.39, 0.29) is 5.91 Å². The van der Waals surface area contributed by atoms with Crippen molar-refractivity contribution < 1.29 is 9.69 Å². The van der Waals surface area contributed by atoms with Crippen molar-refractivity contribution in [1.82, 2.24) is 0 Å². The Kier molecular flexibility index (Phi) is 6.07. The lowest BCUT2D eigenvalue weighted by molar-refractivity contribution is -0.898. The Bertz CT molecular complexity index is 679. The highest BCUT2D eigenvalue weighted by Crippen LogP contribution is 2.25. The number of piperazine rings is 1. The third-order valence-electron chi connectivity index (χ3n) is 4.97. The minimum absolute atomic E-state index is 0.0779. The molecule has 1 heterocycles. The molecule has 1 aliphatic heterocycles. The molecule has 4 nitrogen and oxygen atoms in total. The van der Waals surface area contributed by atoms with Gasteiger partial charge in [0.05, 0.1) is 44.1 Å². The Balaban J connectivity index is 1.60. The average Bonchev–Trinajstić information content (AvgIpc) is 2.68. The number of carbonyl (C=O) groups is 1. The van der Waals surface area contributed by atoms with Gasteiger partial charge in [-0.05, 0) is 31.0 Å². The van der Waals surface area contributed by atoms with Gasteiger partial charge in [-0.2, -0.15) is 0 Å². The van der Waals surface area contributed by atoms with E-state index in [4.69, 9.17) is 0 Å². The molecule has 2 aromatic rings. The Morgan fingerprint density at radius 3 is 2.44 bits per heavy atom. The van der Waals surface area contributed by atoms with Crippen molar-refractivity contribution in [2.75, 3.05) is 42.9 Å². The standard InChI is InChI=1S/C21H27N3O/c1-2-23-14-16-24(17-15-23)20-11-7-6-10-19(20)22-21(25)13-12-18-8-4-3-5-9-18/h3-11H,2,12-17H2,1H3,(H,22,25)/p+1. The van der Waals surface area contributed by atoms with E-state index in [9.17, 15) is 4.79 Å². The molecule has 2 aromatic carbocycles. The SMILES string of the molecule is CC[NH+]1CCN(c2ccccc2NC(=O)CCc2ccccc2)CC1. The van der Waals surface area contributed by atoms with Crippen LogP contribution in [0.4, 0.5) is 11.4 Å². The van der Waals surface area contributed by atoms with Crippen LogP contribution in [0.3, 0.4) is 0 Å². The molecule has 0 spiro atoms. The first kappa shape index (κ1) is 17.5. The van der Waals surface area contributed by atoms with Crippen LogP contribution in [0, 0.1) is 0 Å². The molecule has 1 amide bonds. The lowest BCUT2D eigenvalue weighted by atomic mass is 10.1. The maximum Gasteiger partial charge on any atom is 0.224 e. The average molecular weight is 338 g/mol. The number of quaternary nitrogens is 1. The fourth-order valence-corrected chi connectivity index (χ4v) is 3.39. The zero-order valence-electron chi connectivity index (χ0n) is 15.0. The maximum atomic E-state index is 12.4. The molecule has 2 N–H and O–H groups in total. The number of rotatable bonds is 6. The number of amides is 1. The molecule has 0 aliphatic carbocycles. The predicted octanol–water partition coefficient (Wildman–Crippen LogP) is 1.98. The number of hydrogen-bond acceptors (Lipinski definition) is 2. The van der Waals surface area contributed by atoms with Crippen LogP contribution in [0.2, 0.25) is 0 Å². The van der Waals surface area contributed by atoms with Gasteiger partial charge in [-0.15, -0.1) is 0 Å². The summed E-state index contributed by atoms with van der Waals surface area (Å²) in [6.07, 6.45) is 1.28. The number of likely N-dealkylation sites (N-methyl/N-ethyl adjacent to an activating group) is 1. The zero-order chi connectivity index (χ0) is 17.5. The first-order valence-corrected chi connectivity index (χ1v) is 9.27. The Morgan fingerprint density at radius 2 is 1.72 bits per heavy atom. The zero-order valence-corrected chi connectivity index (χ0v) is 15.0. The van der Waals surface area contributed by atoms with Gasteiger partial charge in [0.1, 0.15) is 0 Å². The molecule has 132 valence electrons. The third kappa shape index (κ3) is 4.83. The highest BCUT2D eigenvalue weighted by Gasteiger charge is 2.20. The van der Waals surface area contributed by atoms with E-state index in [1.807, 2.05) is 36.4 Å². The molecular weight excluding hydrogens is 310 g/mol. The Morgan fingerprint density at radius 1 is 1.04 bits per heavy atom. The molecule has 0 atom stereocenters. The third-order valence-corrected chi connectivity index (χ3v) is 4.97. The number of carbonyl (C=O) groups excluding carboxylic acids is 1. The monoisotopic (exact) mass is 338 g/mol. The maximum absolute atomic E-state index is 12.4. The van der Waals surface area contributed by atoms with E-state index in [0.717, 1.165) is 44.0 Å². The molecule has 0 radical (unpaired) electrons. The number of aryl methyl sites for hydroxylation is 1. The number of nitrogens with one attached hydrogen (secondary N) is 2. The largest absolute Gasteiger partial charge is 0.359 e. The lowest BCUT2D eigenvalue weighted by Crippen LogP contribution is -3.14. The van der Waals surface area contributed by atoms with Gasteiger partial charge in [0.25, 0.3) is 0 Å². The van der Waals surface area contributed by atoms with Crippen LogP contribution in [0.1, 0.15) is 18.9 Å². The Hall–Kier alpha value is -2.33. The van der Waals surface area contributed by atoms with Crippen LogP contribution >= 0.6 is 0 Å². The van der Waals surface area contributed by atoms with Crippen LogP contribution in [0.25, 0.3) is 0 Å². The summed E-state index contributed by atoms with van der Waals surface area (Å²) in [6.45, 7) is 7.83. The van der Waals surface area contributed by atoms with Gasteiger partial charge in [-0.25, -0.2) is 0 Å². The number of benzene rings is 2. The van der Waals surface area contributed by atoms with Crippen LogP contribution in [0.5, 0.6) is 0 Å². The van der Waals surface area contributed by atoms with Gasteiger partial charge in [-0.3, -0.25) is 4.79 Å². The van der Waals surface area contributed by atoms with Crippen molar-refractivity contribution in [2.24, 2.45) is 0 Å². The van der Waals surface area contributed by atoms with Gasteiger partial charge >= 0.3 is 0 Å². The fraction of sp³-hybridized carbons (Fsp3) is 0.381. The predicted molar refractivity (Wildman–Crippen MR) is 103 cm³/mol. The van der Waals surface area contributed by atoms with Crippen LogP contribution in [-0.2, 0) is 11.2 Å². The van der Waals surface area contributed by atoms with E-state index in [1.54, 1.807) is 4.90 Å². The quantitative estimate of drug-likeness (QED) is 0.845. The summed E-state index contributed by atoms with van der Waals surface area (Å²) in [4.78, 5) is 16.4. The van der Waals surface area contributed by atoms with Crippen LogP contribution in [-0.4, -0.2) is 38.6 Å². The molecule has 1 saturated heterocycles. The molecule has 0 aromatic heterocycles. The van der Waals surface area contributed by atoms with E-state index in [0.29, 0.717) is 6.42 Å². The first-order valence-electron chi connectivity index (χ1n) is 9.27. The molecule has 4 heteroatoms. The summed E-state index contributed by atoms with van der Waals surface area (Å²) in [5.74, 6) is 0.0779. The molecule has 25 heavy (non-hydrogen) atoms. The summed E-state index contributed by atoms with van der Waals surface area (Å²) >= 11 is 0. The molecule has 0 unspecified atom stereocenters. The van der Waals surface area contributed by atoms with Crippen molar-refractivity contribution in [3.05, 3.63) is 60.2 Å². The Labute approximate surface area is 150 Å². The normalized spacial score (nSPS) is 15.2. The van der Waals surface area contributed by atoms with Crippen molar-refractivity contribution >= 4 is 17.3 Å². The lowest BCUT2D eigenvalue weighted by Gasteiger charge is -2.34. The summed E-state index contributed by atoms with van der Waals surface area (Å²) in [7, 11) is 0. The highest BCUT2D eigenvalue weighted by atomic mass is 16.1. The number of anilines is 2. The van der Waals surface area contributed by atoms with Crippen molar-refractivity contribution in [1.29, 1.82) is 0 Å². The second-order valence-electron chi connectivity index (χ2n) is 6.64. The van der Waals surface area contributed by atoms with Gasteiger partial charge in [0.2, 0.25) is 5.91 Å². The van der Waals surface area contributed by atoms with Crippen LogP contribution in [0.15, 0.2) is 54.6 Å². The fourth-order valence-electron chi connectivity index (χ4n) is 3.39. The van der Waals surface area contributed by atoms with E-state index in [2.05, 4.69) is 35.3 Å². The number of nitrogens with zero attached hydrogens (tertiary/aromatic N) is 1. The minimum atomic E-state index is 0.0779. The summed E-state index contributed by atoms with van der Waals surface area (Å²) in [5, 5.41) is 3.12. The van der Waals surface area contributed by atoms with Crippen molar-refractivity contribution in [2.45, 2.75) is 19.8 Å². The molecule has 0 saturated carbocycles. The number of para-hydroxylation sites is 2. The molecule has 1 fully saturated rings.